The molecule has 5 aliphatic rings. The van der Waals surface area contributed by atoms with Crippen LogP contribution in [0.15, 0.2) is 54.6 Å². The monoisotopic (exact) mass is 703 g/mol. The Morgan fingerprint density at radius 3 is 2.51 bits per heavy atom. The highest BCUT2D eigenvalue weighted by Gasteiger charge is 2.72. The predicted molar refractivity (Wildman–Crippen MR) is 180 cm³/mol. The largest absolute Gasteiger partial charge is 0.325 e. The molecule has 1 saturated carbocycles. The lowest BCUT2D eigenvalue weighted by atomic mass is 9.55. The van der Waals surface area contributed by atoms with Gasteiger partial charge in [-0.3, -0.25) is 34.6 Å². The Hall–Kier alpha value is -4.32. The third kappa shape index (κ3) is 4.65. The minimum atomic E-state index is -1.39. The summed E-state index contributed by atoms with van der Waals surface area (Å²) in [5.41, 5.74) is 0.214. The van der Waals surface area contributed by atoms with Gasteiger partial charge >= 0.3 is 0 Å². The van der Waals surface area contributed by atoms with Gasteiger partial charge < -0.3 is 15.5 Å². The number of anilines is 2. The van der Waals surface area contributed by atoms with Crippen molar-refractivity contribution in [3.8, 4) is 0 Å². The molecule has 3 fully saturated rings. The average Bonchev–Trinajstić information content (AvgIpc) is 3.67. The van der Waals surface area contributed by atoms with Crippen LogP contribution < -0.4 is 21.3 Å². The summed E-state index contributed by atoms with van der Waals surface area (Å²) in [6.07, 6.45) is 4.01. The first-order valence-corrected chi connectivity index (χ1v) is 17.2. The van der Waals surface area contributed by atoms with Gasteiger partial charge in [0.2, 0.25) is 23.6 Å². The number of halogens is 3. The standard InChI is InChI=1S/C36H32Cl2FN5O5/c37-18-10-11-22-25(16-18)41-34(49)36(22)28(20-7-4-8-23(38)29(20)39)30(43-35(36)14-2-1-3-15-35)32(47)40-24-9-5-6-19-21(24)17-44(33(19)48)26-12-13-27(45)42-31(26)46/h4-11,16,26,28,30,43H,1-3,12-15,17H2,(H,40,47)(H,41,49)(H,42,45,46)/t26?,28-,30+,36+/m0/s1. The van der Waals surface area contributed by atoms with Crippen LogP contribution in [0.4, 0.5) is 15.8 Å². The predicted octanol–water partition coefficient (Wildman–Crippen LogP) is 5.18. The number of amides is 5. The zero-order chi connectivity index (χ0) is 34.2. The second-order valence-electron chi connectivity index (χ2n) is 13.6. The minimum Gasteiger partial charge on any atom is -0.325 e. The number of carbonyl (C=O) groups is 5. The van der Waals surface area contributed by atoms with E-state index in [-0.39, 0.29) is 47.7 Å². The Labute approximate surface area is 291 Å². The maximum Gasteiger partial charge on any atom is 0.255 e. The summed E-state index contributed by atoms with van der Waals surface area (Å²) >= 11 is 12.7. The molecule has 49 heavy (non-hydrogen) atoms. The van der Waals surface area contributed by atoms with E-state index in [4.69, 9.17) is 23.2 Å². The quantitative estimate of drug-likeness (QED) is 0.277. The van der Waals surface area contributed by atoms with E-state index in [1.807, 2.05) is 0 Å². The second kappa shape index (κ2) is 11.6. The van der Waals surface area contributed by atoms with E-state index >= 15 is 4.39 Å². The first-order chi connectivity index (χ1) is 23.6. The summed E-state index contributed by atoms with van der Waals surface area (Å²) in [5.74, 6) is -3.89. The first-order valence-electron chi connectivity index (χ1n) is 16.5. The van der Waals surface area contributed by atoms with Crippen LogP contribution in [0.2, 0.25) is 10.0 Å². The van der Waals surface area contributed by atoms with Gasteiger partial charge in [-0.2, -0.15) is 0 Å². The van der Waals surface area contributed by atoms with Crippen molar-refractivity contribution in [1.29, 1.82) is 0 Å². The van der Waals surface area contributed by atoms with Crippen molar-refractivity contribution in [1.82, 2.24) is 15.5 Å². The van der Waals surface area contributed by atoms with E-state index in [0.29, 0.717) is 45.9 Å². The first kappa shape index (κ1) is 31.9. The van der Waals surface area contributed by atoms with Gasteiger partial charge in [0.15, 0.2) is 0 Å². The number of nitrogens with zero attached hydrogens (tertiary/aromatic N) is 1. The van der Waals surface area contributed by atoms with E-state index in [2.05, 4.69) is 21.3 Å². The van der Waals surface area contributed by atoms with Gasteiger partial charge in [-0.15, -0.1) is 0 Å². The van der Waals surface area contributed by atoms with Crippen LogP contribution in [0.3, 0.4) is 0 Å². The summed E-state index contributed by atoms with van der Waals surface area (Å²) in [4.78, 5) is 68.6. The Morgan fingerprint density at radius 2 is 1.73 bits per heavy atom. The van der Waals surface area contributed by atoms with Crippen molar-refractivity contribution in [3.63, 3.8) is 0 Å². The molecule has 2 spiro atoms. The highest BCUT2D eigenvalue weighted by Crippen LogP contribution is 2.63. The molecule has 4 heterocycles. The molecule has 3 aromatic carbocycles. The molecule has 3 aromatic rings. The minimum absolute atomic E-state index is 0.0474. The number of hydrogen-bond donors (Lipinski definition) is 4. The van der Waals surface area contributed by atoms with Crippen LogP contribution in [0.1, 0.15) is 77.9 Å². The zero-order valence-corrected chi connectivity index (χ0v) is 27.7. The highest BCUT2D eigenvalue weighted by atomic mass is 35.5. The summed E-state index contributed by atoms with van der Waals surface area (Å²) in [7, 11) is 0. The van der Waals surface area contributed by atoms with Crippen molar-refractivity contribution in [3.05, 3.63) is 92.7 Å². The number of hydrogen-bond acceptors (Lipinski definition) is 6. The fourth-order valence-electron chi connectivity index (χ4n) is 9.13. The van der Waals surface area contributed by atoms with Crippen molar-refractivity contribution < 1.29 is 28.4 Å². The fourth-order valence-corrected chi connectivity index (χ4v) is 9.48. The normalized spacial score (nSPS) is 26.9. The number of imide groups is 1. The molecule has 1 aliphatic carbocycles. The molecular weight excluding hydrogens is 672 g/mol. The molecule has 13 heteroatoms. The topological polar surface area (TPSA) is 137 Å². The number of carbonyl (C=O) groups excluding carboxylic acids is 5. The van der Waals surface area contributed by atoms with Crippen LogP contribution in [0, 0.1) is 5.82 Å². The molecule has 0 aromatic heterocycles. The van der Waals surface area contributed by atoms with Crippen molar-refractivity contribution in [2.45, 2.75) is 80.4 Å². The van der Waals surface area contributed by atoms with Gasteiger partial charge in [0.1, 0.15) is 17.3 Å². The molecule has 4 atom stereocenters. The van der Waals surface area contributed by atoms with Gasteiger partial charge in [0, 0.05) is 51.9 Å². The van der Waals surface area contributed by atoms with Gasteiger partial charge in [0.25, 0.3) is 5.91 Å². The van der Waals surface area contributed by atoms with E-state index < -0.39 is 46.6 Å². The molecule has 0 bridgehead atoms. The van der Waals surface area contributed by atoms with Crippen molar-refractivity contribution >= 4 is 64.1 Å². The van der Waals surface area contributed by atoms with Gasteiger partial charge in [0.05, 0.1) is 11.1 Å². The summed E-state index contributed by atoms with van der Waals surface area (Å²) in [6.45, 7) is 0.0474. The Bertz CT molecular complexity index is 1980. The summed E-state index contributed by atoms with van der Waals surface area (Å²) in [5, 5.41) is 12.2. The van der Waals surface area contributed by atoms with Crippen molar-refractivity contribution in [2.24, 2.45) is 0 Å². The van der Waals surface area contributed by atoms with E-state index in [0.717, 1.165) is 19.3 Å². The molecule has 1 unspecified atom stereocenters. The van der Waals surface area contributed by atoms with E-state index in [9.17, 15) is 24.0 Å². The van der Waals surface area contributed by atoms with Crippen LogP contribution in [0.5, 0.6) is 0 Å². The summed E-state index contributed by atoms with van der Waals surface area (Å²) in [6, 6.07) is 12.8. The molecule has 4 aliphatic heterocycles. The number of fused-ring (bicyclic) bond motifs is 4. The lowest BCUT2D eigenvalue weighted by molar-refractivity contribution is -0.137. The SMILES string of the molecule is O=C1CCC(N2Cc3c(NC(=O)[C@@H]4NC5(CCCCC5)[C@@]5(C(=O)Nc6cc(Cl)ccc65)[C@H]4c4cccc(Cl)c4F)cccc3C2=O)C(=O)N1. The molecule has 252 valence electrons. The number of benzene rings is 3. The third-order valence-corrected chi connectivity index (χ3v) is 11.7. The van der Waals surface area contributed by atoms with E-state index in [1.54, 1.807) is 48.5 Å². The highest BCUT2D eigenvalue weighted by molar-refractivity contribution is 6.31. The lowest BCUT2D eigenvalue weighted by Crippen LogP contribution is -2.60. The third-order valence-electron chi connectivity index (χ3n) is 11.1. The Morgan fingerprint density at radius 1 is 0.959 bits per heavy atom. The number of nitrogens with one attached hydrogen (secondary N) is 4. The van der Waals surface area contributed by atoms with Crippen LogP contribution in [-0.4, -0.2) is 52.1 Å². The van der Waals surface area contributed by atoms with Gasteiger partial charge in [-0.1, -0.05) is 66.7 Å². The second-order valence-corrected chi connectivity index (χ2v) is 14.4. The molecular formula is C36H32Cl2FN5O5. The van der Waals surface area contributed by atoms with Crippen LogP contribution in [-0.2, 0) is 31.1 Å². The molecule has 4 N–H and O–H groups in total. The van der Waals surface area contributed by atoms with Crippen LogP contribution >= 0.6 is 23.2 Å². The maximum atomic E-state index is 16.2. The maximum absolute atomic E-state index is 16.2. The average molecular weight is 705 g/mol. The number of rotatable bonds is 4. The van der Waals surface area contributed by atoms with Gasteiger partial charge in [-0.25, -0.2) is 4.39 Å². The number of piperidine rings is 1. The Balaban J connectivity index is 1.22. The summed E-state index contributed by atoms with van der Waals surface area (Å²) < 4.78 is 16.2. The molecule has 10 nitrogen and oxygen atoms in total. The van der Waals surface area contributed by atoms with Gasteiger partial charge in [-0.05, 0) is 60.7 Å². The Kier molecular flexibility index (Phi) is 7.58. The van der Waals surface area contributed by atoms with Crippen LogP contribution in [0.25, 0.3) is 0 Å². The molecule has 8 rings (SSSR count). The lowest BCUT2D eigenvalue weighted by Gasteiger charge is -2.47. The zero-order valence-electron chi connectivity index (χ0n) is 26.2. The van der Waals surface area contributed by atoms with E-state index in [1.165, 1.54) is 11.0 Å². The van der Waals surface area contributed by atoms with Crippen molar-refractivity contribution in [2.75, 3.05) is 10.6 Å². The fraction of sp³-hybridized carbons (Fsp3) is 0.361. The smallest absolute Gasteiger partial charge is 0.255 e. The molecule has 0 radical (unpaired) electrons. The molecule has 5 amide bonds. The molecule has 2 saturated heterocycles.